The number of carbonyl (C=O) groups is 1. The van der Waals surface area contributed by atoms with Crippen molar-refractivity contribution in [1.82, 2.24) is 15.5 Å². The number of rotatable bonds is 9. The Hall–Kier alpha value is -3.92. The number of hydrogen-bond donors (Lipinski definition) is 3. The lowest BCUT2D eigenvalue weighted by atomic mass is 9.94. The van der Waals surface area contributed by atoms with E-state index < -0.39 is 24.4 Å². The number of carbonyl (C=O) groups excluding carboxylic acids is 1. The Labute approximate surface area is 207 Å². The molecule has 0 spiro atoms. The van der Waals surface area contributed by atoms with Crippen molar-refractivity contribution in [3.05, 3.63) is 83.2 Å². The highest BCUT2D eigenvalue weighted by atomic mass is 19.1. The third-order valence-corrected chi connectivity index (χ3v) is 5.69. The van der Waals surface area contributed by atoms with Crippen LogP contribution in [0.2, 0.25) is 0 Å². The lowest BCUT2D eigenvalue weighted by molar-refractivity contribution is 0.0799. The van der Waals surface area contributed by atoms with E-state index in [4.69, 9.17) is 14.4 Å². The summed E-state index contributed by atoms with van der Waals surface area (Å²) in [5.74, 6) is -1.05. The SMILES string of the molecule is COCc1cc(-c2nc(-c3ccc(C(=O)NCC(O)CO)c(F)c3)no2)ccc1-c1ccccc1C. The van der Waals surface area contributed by atoms with E-state index in [1.807, 2.05) is 30.3 Å². The third kappa shape index (κ3) is 5.49. The maximum absolute atomic E-state index is 14.6. The van der Waals surface area contributed by atoms with E-state index in [2.05, 4.69) is 34.5 Å². The molecule has 0 saturated heterocycles. The minimum atomic E-state index is -1.12. The first-order chi connectivity index (χ1) is 17.4. The van der Waals surface area contributed by atoms with Crippen molar-refractivity contribution >= 4 is 5.91 Å². The zero-order chi connectivity index (χ0) is 25.7. The number of benzene rings is 3. The van der Waals surface area contributed by atoms with Gasteiger partial charge in [-0.15, -0.1) is 0 Å². The Balaban J connectivity index is 1.58. The fourth-order valence-electron chi connectivity index (χ4n) is 3.81. The summed E-state index contributed by atoms with van der Waals surface area (Å²) >= 11 is 0. The van der Waals surface area contributed by atoms with Gasteiger partial charge in [0.25, 0.3) is 11.8 Å². The van der Waals surface area contributed by atoms with Gasteiger partial charge in [0.1, 0.15) is 5.82 Å². The Morgan fingerprint density at radius 2 is 1.89 bits per heavy atom. The second-order valence-corrected chi connectivity index (χ2v) is 8.28. The van der Waals surface area contributed by atoms with Gasteiger partial charge >= 0.3 is 0 Å². The minimum Gasteiger partial charge on any atom is -0.394 e. The summed E-state index contributed by atoms with van der Waals surface area (Å²) in [5.41, 5.74) is 5.07. The van der Waals surface area contributed by atoms with Crippen molar-refractivity contribution in [2.75, 3.05) is 20.3 Å². The third-order valence-electron chi connectivity index (χ3n) is 5.69. The first-order valence-corrected chi connectivity index (χ1v) is 11.3. The average molecular weight is 492 g/mol. The van der Waals surface area contributed by atoms with Gasteiger partial charge < -0.3 is 24.8 Å². The molecule has 0 aliphatic rings. The molecule has 4 aromatic rings. The molecule has 0 radical (unpaired) electrons. The number of nitrogens with zero attached hydrogens (tertiary/aromatic N) is 2. The average Bonchev–Trinajstić information content (AvgIpc) is 3.38. The lowest BCUT2D eigenvalue weighted by Crippen LogP contribution is -2.34. The van der Waals surface area contributed by atoms with Crippen LogP contribution < -0.4 is 5.32 Å². The monoisotopic (exact) mass is 491 g/mol. The molecule has 1 amide bonds. The van der Waals surface area contributed by atoms with E-state index >= 15 is 0 Å². The second-order valence-electron chi connectivity index (χ2n) is 8.28. The number of aryl methyl sites for hydroxylation is 1. The maximum Gasteiger partial charge on any atom is 0.258 e. The largest absolute Gasteiger partial charge is 0.394 e. The van der Waals surface area contributed by atoms with Crippen LogP contribution in [0.15, 0.2) is 65.2 Å². The van der Waals surface area contributed by atoms with Crippen LogP contribution in [0.25, 0.3) is 34.0 Å². The van der Waals surface area contributed by atoms with Crippen LogP contribution in [-0.4, -0.2) is 52.6 Å². The van der Waals surface area contributed by atoms with Gasteiger partial charge in [0.2, 0.25) is 5.82 Å². The molecule has 9 heteroatoms. The van der Waals surface area contributed by atoms with E-state index in [1.54, 1.807) is 7.11 Å². The van der Waals surface area contributed by atoms with E-state index in [-0.39, 0.29) is 23.8 Å². The number of aromatic nitrogens is 2. The summed E-state index contributed by atoms with van der Waals surface area (Å²) in [5, 5.41) is 24.5. The topological polar surface area (TPSA) is 118 Å². The summed E-state index contributed by atoms with van der Waals surface area (Å²) in [4.78, 5) is 16.6. The van der Waals surface area contributed by atoms with Gasteiger partial charge in [-0.05, 0) is 53.4 Å². The fraction of sp³-hybridized carbons (Fsp3) is 0.222. The maximum atomic E-state index is 14.6. The predicted octanol–water partition coefficient (Wildman–Crippen LogP) is 3.75. The van der Waals surface area contributed by atoms with Gasteiger partial charge in [-0.25, -0.2) is 4.39 Å². The molecule has 3 N–H and O–H groups in total. The molecule has 0 fully saturated rings. The molecule has 0 bridgehead atoms. The van der Waals surface area contributed by atoms with Crippen molar-refractivity contribution in [3.8, 4) is 34.0 Å². The molecule has 0 saturated carbocycles. The Kier molecular flexibility index (Phi) is 7.84. The molecule has 36 heavy (non-hydrogen) atoms. The van der Waals surface area contributed by atoms with Gasteiger partial charge in [-0.2, -0.15) is 4.98 Å². The standard InChI is InChI=1S/C27H26FN3O5/c1-16-5-3-4-6-21(16)22-9-8-18(11-19(22)15-35-2)27-30-25(31-36-27)17-7-10-23(24(28)12-17)26(34)29-13-20(33)14-32/h3-12,20,32-33H,13-15H2,1-2H3,(H,29,34). The number of halogens is 1. The van der Waals surface area contributed by atoms with E-state index in [0.29, 0.717) is 17.7 Å². The zero-order valence-corrected chi connectivity index (χ0v) is 19.9. The molecule has 4 rings (SSSR count). The Morgan fingerprint density at radius 1 is 1.11 bits per heavy atom. The molecule has 1 aromatic heterocycles. The molecule has 1 unspecified atom stereocenters. The van der Waals surface area contributed by atoms with E-state index in [0.717, 1.165) is 28.3 Å². The molecule has 8 nitrogen and oxygen atoms in total. The van der Waals surface area contributed by atoms with Crippen LogP contribution in [-0.2, 0) is 11.3 Å². The van der Waals surface area contributed by atoms with Gasteiger partial charge in [-0.3, -0.25) is 4.79 Å². The quantitative estimate of drug-likeness (QED) is 0.326. The van der Waals surface area contributed by atoms with E-state index in [9.17, 15) is 14.3 Å². The molecule has 0 aliphatic heterocycles. The van der Waals surface area contributed by atoms with Crippen LogP contribution in [0.1, 0.15) is 21.5 Å². The van der Waals surface area contributed by atoms with Gasteiger partial charge in [0, 0.05) is 24.8 Å². The van der Waals surface area contributed by atoms with Crippen molar-refractivity contribution in [2.24, 2.45) is 0 Å². The molecular weight excluding hydrogens is 465 g/mol. The Morgan fingerprint density at radius 3 is 2.61 bits per heavy atom. The van der Waals surface area contributed by atoms with Crippen LogP contribution >= 0.6 is 0 Å². The number of aliphatic hydroxyl groups is 2. The number of nitrogens with one attached hydrogen (secondary N) is 1. The molecule has 0 aliphatic carbocycles. The second kappa shape index (κ2) is 11.2. The molecule has 3 aromatic carbocycles. The summed E-state index contributed by atoms with van der Waals surface area (Å²) in [6.45, 7) is 1.74. The van der Waals surface area contributed by atoms with Gasteiger partial charge in [0.05, 0.1) is 24.9 Å². The van der Waals surface area contributed by atoms with Crippen LogP contribution in [0.4, 0.5) is 4.39 Å². The highest BCUT2D eigenvalue weighted by molar-refractivity contribution is 5.95. The van der Waals surface area contributed by atoms with Crippen LogP contribution in [0.5, 0.6) is 0 Å². The van der Waals surface area contributed by atoms with Crippen molar-refractivity contribution in [1.29, 1.82) is 0 Å². The Bertz CT molecular complexity index is 1370. The molecule has 186 valence electrons. The van der Waals surface area contributed by atoms with Crippen molar-refractivity contribution in [3.63, 3.8) is 0 Å². The highest BCUT2D eigenvalue weighted by Gasteiger charge is 2.18. The predicted molar refractivity (Wildman–Crippen MR) is 131 cm³/mol. The van der Waals surface area contributed by atoms with Crippen molar-refractivity contribution in [2.45, 2.75) is 19.6 Å². The van der Waals surface area contributed by atoms with E-state index in [1.165, 1.54) is 12.1 Å². The van der Waals surface area contributed by atoms with Crippen LogP contribution in [0.3, 0.4) is 0 Å². The number of methoxy groups -OCH3 is 1. The van der Waals surface area contributed by atoms with Gasteiger partial charge in [-0.1, -0.05) is 41.6 Å². The van der Waals surface area contributed by atoms with Gasteiger partial charge in [0.15, 0.2) is 0 Å². The summed E-state index contributed by atoms with van der Waals surface area (Å²) < 4.78 is 25.5. The number of hydrogen-bond acceptors (Lipinski definition) is 7. The minimum absolute atomic E-state index is 0.169. The highest BCUT2D eigenvalue weighted by Crippen LogP contribution is 2.32. The molecule has 1 atom stereocenters. The van der Waals surface area contributed by atoms with Crippen LogP contribution in [0, 0.1) is 12.7 Å². The number of amides is 1. The summed E-state index contributed by atoms with van der Waals surface area (Å²) in [6, 6.07) is 17.8. The first-order valence-electron chi connectivity index (χ1n) is 11.3. The summed E-state index contributed by atoms with van der Waals surface area (Å²) in [6.07, 6.45) is -1.12. The number of ether oxygens (including phenoxy) is 1. The molecular formula is C27H26FN3O5. The number of aliphatic hydroxyl groups excluding tert-OH is 2. The van der Waals surface area contributed by atoms with Crippen molar-refractivity contribution < 1.29 is 28.7 Å². The fourth-order valence-corrected chi connectivity index (χ4v) is 3.81. The summed E-state index contributed by atoms with van der Waals surface area (Å²) in [7, 11) is 1.63. The zero-order valence-electron chi connectivity index (χ0n) is 19.9. The molecule has 1 heterocycles. The normalized spacial score (nSPS) is 11.9. The first kappa shape index (κ1) is 25.2. The lowest BCUT2D eigenvalue weighted by Gasteiger charge is -2.12. The smallest absolute Gasteiger partial charge is 0.258 e.